The maximum Gasteiger partial charge on any atom is 0.143 e. The Labute approximate surface area is 159 Å². The van der Waals surface area contributed by atoms with E-state index in [2.05, 4.69) is 106 Å². The molecule has 5 rings (SSSR count). The van der Waals surface area contributed by atoms with E-state index in [0.29, 0.717) is 0 Å². The van der Waals surface area contributed by atoms with Crippen molar-refractivity contribution in [2.45, 2.75) is 0 Å². The molecule has 23 heavy (non-hydrogen) atoms. The molecule has 1 heterocycles. The van der Waals surface area contributed by atoms with Gasteiger partial charge >= 0.3 is 0 Å². The number of hydrogen-bond donors (Lipinski definition) is 0. The fourth-order valence-corrected chi connectivity index (χ4v) is 4.91. The molecule has 0 aliphatic heterocycles. The maximum atomic E-state index is 6.30. The van der Waals surface area contributed by atoms with Crippen LogP contribution in [0.3, 0.4) is 0 Å². The minimum absolute atomic E-state index is 0.968. The second kappa shape index (κ2) is 5.08. The monoisotopic (exact) mass is 520 g/mol. The smallest absolute Gasteiger partial charge is 0.143 e. The average molecular weight is 520 g/mol. The highest BCUT2D eigenvalue weighted by molar-refractivity contribution is 14.1. The molecule has 1 nitrogen and oxygen atoms in total. The van der Waals surface area contributed by atoms with E-state index in [9.17, 15) is 0 Å². The molecule has 0 radical (unpaired) electrons. The normalized spacial score (nSPS) is 11.9. The number of benzene rings is 4. The third-order valence-corrected chi connectivity index (χ3v) is 6.17. The van der Waals surface area contributed by atoms with Gasteiger partial charge in [-0.25, -0.2) is 0 Å². The van der Waals surface area contributed by atoms with Crippen LogP contribution in [0.4, 0.5) is 0 Å². The lowest BCUT2D eigenvalue weighted by atomic mass is 10.0. The number of rotatable bonds is 0. The second-order valence-corrected chi connectivity index (χ2v) is 7.98. The molecule has 110 valence electrons. The zero-order chi connectivity index (χ0) is 15.6. The summed E-state index contributed by atoms with van der Waals surface area (Å²) in [7, 11) is 0. The van der Waals surface area contributed by atoms with Crippen molar-refractivity contribution in [3.8, 4) is 0 Å². The van der Waals surface area contributed by atoms with E-state index in [1.165, 1.54) is 39.5 Å². The molecule has 0 bridgehead atoms. The van der Waals surface area contributed by atoms with Gasteiger partial charge in [-0.1, -0.05) is 48.5 Å². The Bertz CT molecular complexity index is 1230. The molecule has 0 aliphatic carbocycles. The first-order valence-electron chi connectivity index (χ1n) is 7.35. The summed E-state index contributed by atoms with van der Waals surface area (Å²) in [5, 5.41) is 7.41. The molecule has 1 aromatic heterocycles. The lowest BCUT2D eigenvalue weighted by Gasteiger charge is -2.03. The van der Waals surface area contributed by atoms with E-state index in [4.69, 9.17) is 4.42 Å². The van der Waals surface area contributed by atoms with Crippen molar-refractivity contribution in [2.75, 3.05) is 0 Å². The molecule has 0 spiro atoms. The van der Waals surface area contributed by atoms with Crippen LogP contribution in [0.25, 0.3) is 43.5 Å². The fraction of sp³-hybridized carbons (Fsp3) is 0. The lowest BCUT2D eigenvalue weighted by Crippen LogP contribution is -1.81. The summed E-state index contributed by atoms with van der Waals surface area (Å²) >= 11 is 4.82. The van der Waals surface area contributed by atoms with Crippen molar-refractivity contribution >= 4 is 88.7 Å². The van der Waals surface area contributed by atoms with Gasteiger partial charge in [-0.05, 0) is 73.5 Å². The summed E-state index contributed by atoms with van der Waals surface area (Å²) in [6.07, 6.45) is 0. The maximum absolute atomic E-state index is 6.30. The average Bonchev–Trinajstić information content (AvgIpc) is 2.94. The van der Waals surface area contributed by atoms with Gasteiger partial charge in [-0.15, -0.1) is 0 Å². The Hall–Kier alpha value is -1.34. The van der Waals surface area contributed by atoms with E-state index < -0.39 is 0 Å². The van der Waals surface area contributed by atoms with Crippen LogP contribution in [0.2, 0.25) is 0 Å². The fourth-order valence-electron chi connectivity index (χ4n) is 3.38. The van der Waals surface area contributed by atoms with Crippen LogP contribution < -0.4 is 0 Å². The summed E-state index contributed by atoms with van der Waals surface area (Å²) in [6.45, 7) is 0. The van der Waals surface area contributed by atoms with Crippen LogP contribution in [-0.4, -0.2) is 0 Å². The van der Waals surface area contributed by atoms with E-state index in [-0.39, 0.29) is 0 Å². The van der Waals surface area contributed by atoms with E-state index in [1.807, 2.05) is 0 Å². The van der Waals surface area contributed by atoms with Crippen molar-refractivity contribution in [3.05, 3.63) is 67.8 Å². The van der Waals surface area contributed by atoms with Gasteiger partial charge < -0.3 is 4.42 Å². The Balaban J connectivity index is 2.14. The van der Waals surface area contributed by atoms with Crippen LogP contribution in [0.5, 0.6) is 0 Å². The number of fused-ring (bicyclic) bond motifs is 7. The second-order valence-electron chi connectivity index (χ2n) is 5.66. The SMILES string of the molecule is Ic1cc2c(oc3cc(I)c4ccccc4c32)c2ccccc12. The lowest BCUT2D eigenvalue weighted by molar-refractivity contribution is 0.672. The number of furan rings is 1. The van der Waals surface area contributed by atoms with Gasteiger partial charge in [0.1, 0.15) is 11.2 Å². The third-order valence-electron chi connectivity index (χ3n) is 4.38. The van der Waals surface area contributed by atoms with Crippen molar-refractivity contribution in [3.63, 3.8) is 0 Å². The minimum atomic E-state index is 0.968. The minimum Gasteiger partial charge on any atom is -0.455 e. The molecule has 4 aromatic carbocycles. The molecule has 0 amide bonds. The van der Waals surface area contributed by atoms with Gasteiger partial charge in [-0.3, -0.25) is 0 Å². The highest BCUT2D eigenvalue weighted by Crippen LogP contribution is 2.40. The van der Waals surface area contributed by atoms with Gasteiger partial charge in [0.05, 0.1) is 0 Å². The standard InChI is InChI=1S/C20H10I2O/c21-16-9-15-19-13-7-3-1-5-11(13)17(22)10-18(19)23-20(15)14-8-4-2-6-12(14)16/h1-10H. The Morgan fingerprint density at radius 1 is 0.609 bits per heavy atom. The summed E-state index contributed by atoms with van der Waals surface area (Å²) in [5.41, 5.74) is 1.96. The zero-order valence-electron chi connectivity index (χ0n) is 11.9. The summed E-state index contributed by atoms with van der Waals surface area (Å²) < 4.78 is 8.79. The first kappa shape index (κ1) is 14.0. The largest absolute Gasteiger partial charge is 0.455 e. The van der Waals surface area contributed by atoms with Crippen molar-refractivity contribution in [1.29, 1.82) is 0 Å². The Kier molecular flexibility index (Phi) is 3.10. The van der Waals surface area contributed by atoms with Crippen molar-refractivity contribution in [1.82, 2.24) is 0 Å². The van der Waals surface area contributed by atoms with Gasteiger partial charge in [0, 0.05) is 23.3 Å². The summed E-state index contributed by atoms with van der Waals surface area (Å²) in [5.74, 6) is 0. The van der Waals surface area contributed by atoms with Crippen molar-refractivity contribution in [2.24, 2.45) is 0 Å². The van der Waals surface area contributed by atoms with Crippen LogP contribution in [0.1, 0.15) is 0 Å². The molecular formula is C20H10I2O. The predicted octanol–water partition coefficient (Wildman–Crippen LogP) is 7.10. The molecule has 0 saturated carbocycles. The quantitative estimate of drug-likeness (QED) is 0.199. The van der Waals surface area contributed by atoms with E-state index >= 15 is 0 Å². The molecular weight excluding hydrogens is 510 g/mol. The zero-order valence-corrected chi connectivity index (χ0v) is 16.3. The summed E-state index contributed by atoms with van der Waals surface area (Å²) in [6, 6.07) is 21.4. The first-order valence-corrected chi connectivity index (χ1v) is 9.50. The van der Waals surface area contributed by atoms with Crippen molar-refractivity contribution < 1.29 is 4.42 Å². The molecule has 0 saturated heterocycles. The third kappa shape index (κ3) is 1.96. The molecule has 0 aliphatic rings. The van der Waals surface area contributed by atoms with E-state index in [1.54, 1.807) is 0 Å². The Morgan fingerprint density at radius 3 is 1.91 bits per heavy atom. The number of hydrogen-bond acceptors (Lipinski definition) is 1. The first-order chi connectivity index (χ1) is 11.2. The van der Waals surface area contributed by atoms with Crippen LogP contribution >= 0.6 is 45.2 Å². The Morgan fingerprint density at radius 2 is 1.17 bits per heavy atom. The van der Waals surface area contributed by atoms with Gasteiger partial charge in [0.25, 0.3) is 0 Å². The topological polar surface area (TPSA) is 13.1 Å². The predicted molar refractivity (Wildman–Crippen MR) is 114 cm³/mol. The van der Waals surface area contributed by atoms with Crippen LogP contribution in [-0.2, 0) is 0 Å². The van der Waals surface area contributed by atoms with Gasteiger partial charge in [-0.2, -0.15) is 0 Å². The van der Waals surface area contributed by atoms with Crippen LogP contribution in [0, 0.1) is 7.14 Å². The number of halogens is 2. The molecule has 3 heteroatoms. The highest BCUT2D eigenvalue weighted by atomic mass is 127. The molecule has 0 atom stereocenters. The van der Waals surface area contributed by atoms with Crippen LogP contribution in [0.15, 0.2) is 65.1 Å². The molecule has 5 aromatic rings. The van der Waals surface area contributed by atoms with Gasteiger partial charge in [0.2, 0.25) is 0 Å². The summed E-state index contributed by atoms with van der Waals surface area (Å²) in [4.78, 5) is 0. The molecule has 0 fully saturated rings. The van der Waals surface area contributed by atoms with E-state index in [0.717, 1.165) is 11.2 Å². The van der Waals surface area contributed by atoms with Gasteiger partial charge in [0.15, 0.2) is 0 Å². The highest BCUT2D eigenvalue weighted by Gasteiger charge is 2.16. The molecule has 0 N–H and O–H groups in total. The molecule has 0 unspecified atom stereocenters.